The second-order valence-corrected chi connectivity index (χ2v) is 17.5. The number of aliphatic hydroxyl groups is 2. The van der Waals surface area contributed by atoms with Crippen molar-refractivity contribution in [3.63, 3.8) is 0 Å². The van der Waals surface area contributed by atoms with Crippen LogP contribution in [0, 0.1) is 17.4 Å². The molecule has 0 aromatic heterocycles. The molecular formula is C15H32O3Si2. The van der Waals surface area contributed by atoms with E-state index in [4.69, 9.17) is 4.43 Å². The van der Waals surface area contributed by atoms with Crippen LogP contribution in [0.15, 0.2) is 0 Å². The molecule has 0 bridgehead atoms. The largest absolute Gasteiger partial charge is 0.414 e. The molecule has 20 heavy (non-hydrogen) atoms. The highest BCUT2D eigenvalue weighted by Crippen LogP contribution is 2.36. The molecule has 0 fully saturated rings. The molecule has 0 aliphatic heterocycles. The molecule has 0 saturated heterocycles. The van der Waals surface area contributed by atoms with E-state index in [0.717, 1.165) is 0 Å². The lowest BCUT2D eigenvalue weighted by Gasteiger charge is -2.37. The van der Waals surface area contributed by atoms with Crippen molar-refractivity contribution in [1.29, 1.82) is 0 Å². The zero-order valence-corrected chi connectivity index (χ0v) is 16.4. The van der Waals surface area contributed by atoms with Gasteiger partial charge in [0.25, 0.3) is 0 Å². The third-order valence-corrected chi connectivity index (χ3v) is 9.11. The maximum atomic E-state index is 10.2. The topological polar surface area (TPSA) is 49.7 Å². The van der Waals surface area contributed by atoms with E-state index in [1.807, 2.05) is 0 Å². The Morgan fingerprint density at radius 3 is 1.95 bits per heavy atom. The van der Waals surface area contributed by atoms with Crippen LogP contribution in [0.25, 0.3) is 0 Å². The molecule has 0 amide bonds. The van der Waals surface area contributed by atoms with E-state index in [-0.39, 0.29) is 18.3 Å². The summed E-state index contributed by atoms with van der Waals surface area (Å²) in [5.74, 6) is 2.62. The van der Waals surface area contributed by atoms with Crippen LogP contribution >= 0.6 is 0 Å². The van der Waals surface area contributed by atoms with Crippen molar-refractivity contribution in [2.45, 2.75) is 64.6 Å². The second-order valence-electron chi connectivity index (χ2n) is 7.95. The van der Waals surface area contributed by atoms with Crippen LogP contribution < -0.4 is 0 Å². The SMILES string of the molecule is CC(C)(C)[Si](C)(C)OC[C@H](O)[C@H](C#C[Si](C)(C)C)CO. The molecule has 118 valence electrons. The van der Waals surface area contributed by atoms with E-state index < -0.39 is 28.4 Å². The minimum absolute atomic E-state index is 0.117. The Morgan fingerprint density at radius 1 is 1.10 bits per heavy atom. The predicted molar refractivity (Wildman–Crippen MR) is 90.9 cm³/mol. The Bertz CT molecular complexity index is 356. The van der Waals surface area contributed by atoms with Gasteiger partial charge in [-0.1, -0.05) is 40.4 Å². The van der Waals surface area contributed by atoms with Gasteiger partial charge in [0.1, 0.15) is 8.07 Å². The van der Waals surface area contributed by atoms with E-state index in [2.05, 4.69) is 65.0 Å². The first-order valence-corrected chi connectivity index (χ1v) is 13.7. The fraction of sp³-hybridized carbons (Fsp3) is 0.867. The summed E-state index contributed by atoms with van der Waals surface area (Å²) in [4.78, 5) is 0. The molecule has 3 nitrogen and oxygen atoms in total. The molecule has 0 saturated carbocycles. The smallest absolute Gasteiger partial charge is 0.192 e. The quantitative estimate of drug-likeness (QED) is 0.606. The summed E-state index contributed by atoms with van der Waals surface area (Å²) in [5, 5.41) is 19.7. The van der Waals surface area contributed by atoms with Crippen molar-refractivity contribution in [3.8, 4) is 11.5 Å². The summed E-state index contributed by atoms with van der Waals surface area (Å²) in [7, 11) is -3.35. The van der Waals surface area contributed by atoms with Gasteiger partial charge in [-0.3, -0.25) is 0 Å². The molecule has 0 radical (unpaired) electrons. The summed E-state index contributed by atoms with van der Waals surface area (Å²) in [6, 6.07) is 0. The Labute approximate surface area is 126 Å². The van der Waals surface area contributed by atoms with Gasteiger partial charge in [-0.2, -0.15) is 0 Å². The average molecular weight is 317 g/mol. The highest BCUT2D eigenvalue weighted by Gasteiger charge is 2.37. The molecule has 0 unspecified atom stereocenters. The van der Waals surface area contributed by atoms with Gasteiger partial charge in [0.2, 0.25) is 0 Å². The minimum Gasteiger partial charge on any atom is -0.414 e. The van der Waals surface area contributed by atoms with Crippen molar-refractivity contribution >= 4 is 16.4 Å². The fourth-order valence-electron chi connectivity index (χ4n) is 1.20. The number of hydrogen-bond donors (Lipinski definition) is 2. The fourth-order valence-corrected chi connectivity index (χ4v) is 2.84. The monoisotopic (exact) mass is 316 g/mol. The highest BCUT2D eigenvalue weighted by molar-refractivity contribution is 6.83. The maximum absolute atomic E-state index is 10.2. The van der Waals surface area contributed by atoms with Crippen LogP contribution in [-0.4, -0.2) is 45.9 Å². The van der Waals surface area contributed by atoms with Gasteiger partial charge in [-0.15, -0.1) is 11.5 Å². The van der Waals surface area contributed by atoms with E-state index >= 15 is 0 Å². The van der Waals surface area contributed by atoms with Gasteiger partial charge >= 0.3 is 0 Å². The van der Waals surface area contributed by atoms with Crippen LogP contribution in [0.1, 0.15) is 20.8 Å². The van der Waals surface area contributed by atoms with E-state index in [9.17, 15) is 10.2 Å². The zero-order valence-electron chi connectivity index (χ0n) is 14.4. The summed E-state index contributed by atoms with van der Waals surface area (Å²) in [5.41, 5.74) is 3.21. The first kappa shape index (κ1) is 19.9. The first-order chi connectivity index (χ1) is 8.80. The van der Waals surface area contributed by atoms with Crippen molar-refractivity contribution in [1.82, 2.24) is 0 Å². The predicted octanol–water partition coefficient (Wildman–Crippen LogP) is 2.86. The molecule has 0 aromatic carbocycles. The summed E-state index contributed by atoms with van der Waals surface area (Å²) in [6.45, 7) is 17.4. The molecule has 0 rings (SSSR count). The lowest BCUT2D eigenvalue weighted by molar-refractivity contribution is 0.0488. The summed E-state index contributed by atoms with van der Waals surface area (Å²) >= 11 is 0. The Hall–Kier alpha value is -0.126. The number of hydrogen-bond acceptors (Lipinski definition) is 3. The molecule has 2 N–H and O–H groups in total. The van der Waals surface area contributed by atoms with Gasteiger partial charge in [-0.25, -0.2) is 0 Å². The van der Waals surface area contributed by atoms with Crippen LogP contribution in [0.5, 0.6) is 0 Å². The number of aliphatic hydroxyl groups excluding tert-OH is 2. The molecule has 0 spiro atoms. The zero-order chi connectivity index (χ0) is 16.2. The molecule has 0 heterocycles. The lowest BCUT2D eigenvalue weighted by Crippen LogP contribution is -2.43. The van der Waals surface area contributed by atoms with E-state index in [1.165, 1.54) is 0 Å². The van der Waals surface area contributed by atoms with Crippen LogP contribution in [0.4, 0.5) is 0 Å². The van der Waals surface area contributed by atoms with Gasteiger partial charge in [-0.05, 0) is 18.1 Å². The van der Waals surface area contributed by atoms with Crippen LogP contribution in [0.2, 0.25) is 37.8 Å². The number of rotatable bonds is 5. The van der Waals surface area contributed by atoms with Crippen molar-refractivity contribution in [3.05, 3.63) is 0 Å². The average Bonchev–Trinajstić information content (AvgIpc) is 2.24. The Balaban J connectivity index is 4.66. The summed E-state index contributed by atoms with van der Waals surface area (Å²) < 4.78 is 5.99. The van der Waals surface area contributed by atoms with E-state index in [1.54, 1.807) is 0 Å². The molecule has 0 aliphatic rings. The van der Waals surface area contributed by atoms with E-state index in [0.29, 0.717) is 0 Å². The van der Waals surface area contributed by atoms with Gasteiger partial charge in [0.15, 0.2) is 8.32 Å². The third kappa shape index (κ3) is 7.05. The Morgan fingerprint density at radius 2 is 1.60 bits per heavy atom. The normalized spacial score (nSPS) is 16.3. The molecule has 0 aromatic rings. The standard InChI is InChI=1S/C15H32O3Si2/c1-15(2,3)20(7,8)18-12-14(17)13(11-16)9-10-19(4,5)6/h13-14,16-17H,11-12H2,1-8H3/t13-,14+/m1/s1. The molecule has 0 aliphatic carbocycles. The van der Waals surface area contributed by atoms with Crippen LogP contribution in [-0.2, 0) is 4.43 Å². The molecular weight excluding hydrogens is 284 g/mol. The Kier molecular flexibility index (Phi) is 7.19. The van der Waals surface area contributed by atoms with Crippen molar-refractivity contribution < 1.29 is 14.6 Å². The second kappa shape index (κ2) is 7.23. The van der Waals surface area contributed by atoms with Gasteiger partial charge in [0, 0.05) is 0 Å². The van der Waals surface area contributed by atoms with Gasteiger partial charge < -0.3 is 14.6 Å². The molecule has 5 heteroatoms. The summed E-state index contributed by atoms with van der Waals surface area (Å²) in [6.07, 6.45) is -0.724. The van der Waals surface area contributed by atoms with Crippen LogP contribution in [0.3, 0.4) is 0 Å². The minimum atomic E-state index is -1.87. The highest BCUT2D eigenvalue weighted by atomic mass is 28.4. The maximum Gasteiger partial charge on any atom is 0.192 e. The van der Waals surface area contributed by atoms with Gasteiger partial charge in [0.05, 0.1) is 25.2 Å². The molecule has 2 atom stereocenters. The van der Waals surface area contributed by atoms with Crippen molar-refractivity contribution in [2.75, 3.05) is 13.2 Å². The lowest BCUT2D eigenvalue weighted by atomic mass is 10.1. The first-order valence-electron chi connectivity index (χ1n) is 7.26. The van der Waals surface area contributed by atoms with Crippen molar-refractivity contribution in [2.24, 2.45) is 5.92 Å². The third-order valence-electron chi connectivity index (χ3n) is 3.71.